The normalized spacial score (nSPS) is 19.3. The molecule has 1 atom stereocenters. The SMILES string of the molecule is N[C@H](Cc1cccnc1)C(=O)CC1CCC(Nc2cc(NC3CC3)c3ncc(C(=O)Nc4ccnc(Cl)c4)n3n2)CC1. The fraction of sp³-hybridized carbons (Fsp3) is 0.400. The standard InChI is InChI=1S/C30H34ClN9O2/c31-27-14-22(9-11-34-27)38-30(42)25-17-35-29-24(36-20-7-8-20)15-28(39-40(25)29)37-21-5-3-18(4-6-21)13-26(41)23(32)12-19-2-1-10-33-16-19/h1-2,9-11,14-18,20-21,23,36H,3-8,12-13,32H2,(H,37,39)(H,34,38,42)/t18?,21?,23-/m1/s1. The van der Waals surface area contributed by atoms with Crippen LogP contribution >= 0.6 is 11.6 Å². The second kappa shape index (κ2) is 12.4. The number of halogens is 1. The minimum atomic E-state index is -0.504. The van der Waals surface area contributed by atoms with E-state index in [1.165, 1.54) is 12.4 Å². The van der Waals surface area contributed by atoms with E-state index in [0.717, 1.165) is 49.8 Å². The van der Waals surface area contributed by atoms with Crippen LogP contribution in [0.15, 0.2) is 55.1 Å². The van der Waals surface area contributed by atoms with E-state index in [4.69, 9.17) is 22.4 Å². The van der Waals surface area contributed by atoms with Crippen molar-refractivity contribution in [2.75, 3.05) is 16.0 Å². The van der Waals surface area contributed by atoms with Crippen molar-refractivity contribution in [3.05, 3.63) is 71.5 Å². The van der Waals surface area contributed by atoms with Crippen molar-refractivity contribution in [3.63, 3.8) is 0 Å². The zero-order valence-corrected chi connectivity index (χ0v) is 23.9. The van der Waals surface area contributed by atoms with Crippen LogP contribution in [0.1, 0.15) is 61.0 Å². The molecule has 2 fully saturated rings. The van der Waals surface area contributed by atoms with Gasteiger partial charge in [0.15, 0.2) is 11.3 Å². The molecule has 0 aliphatic heterocycles. The first-order valence-electron chi connectivity index (χ1n) is 14.4. The molecular formula is C30H34ClN9O2. The lowest BCUT2D eigenvalue weighted by Gasteiger charge is -2.29. The molecule has 1 amide bonds. The van der Waals surface area contributed by atoms with Crippen molar-refractivity contribution in [2.45, 2.75) is 69.5 Å². The Bertz CT molecular complexity index is 1570. The molecule has 2 aliphatic carbocycles. The van der Waals surface area contributed by atoms with Gasteiger partial charge in [0.05, 0.1) is 17.9 Å². The highest BCUT2D eigenvalue weighted by Gasteiger charge is 2.27. The lowest BCUT2D eigenvalue weighted by atomic mass is 9.82. The molecule has 0 bridgehead atoms. The van der Waals surface area contributed by atoms with Gasteiger partial charge in [-0.25, -0.2) is 14.5 Å². The number of imidazole rings is 1. The van der Waals surface area contributed by atoms with E-state index in [-0.39, 0.29) is 22.9 Å². The molecule has 42 heavy (non-hydrogen) atoms. The number of hydrogen-bond donors (Lipinski definition) is 4. The summed E-state index contributed by atoms with van der Waals surface area (Å²) in [6.45, 7) is 0. The Labute approximate surface area is 248 Å². The maximum atomic E-state index is 13.2. The highest BCUT2D eigenvalue weighted by Crippen LogP contribution is 2.32. The molecule has 0 radical (unpaired) electrons. The predicted octanol–water partition coefficient (Wildman–Crippen LogP) is 4.50. The summed E-state index contributed by atoms with van der Waals surface area (Å²) in [7, 11) is 0. The smallest absolute Gasteiger partial charge is 0.276 e. The summed E-state index contributed by atoms with van der Waals surface area (Å²) in [6, 6.07) is 9.14. The number of ketones is 1. The number of fused-ring (bicyclic) bond motifs is 1. The zero-order valence-electron chi connectivity index (χ0n) is 23.2. The van der Waals surface area contributed by atoms with Crippen LogP contribution in [-0.2, 0) is 11.2 Å². The number of nitrogens with two attached hydrogens (primary N) is 1. The summed E-state index contributed by atoms with van der Waals surface area (Å²) in [5.41, 5.74) is 9.47. The van der Waals surface area contributed by atoms with Crippen LogP contribution in [0.5, 0.6) is 0 Å². The van der Waals surface area contributed by atoms with Gasteiger partial charge in [-0.05, 0) is 74.6 Å². The quantitative estimate of drug-likeness (QED) is 0.186. The summed E-state index contributed by atoms with van der Waals surface area (Å²) in [6.07, 6.45) is 13.5. The summed E-state index contributed by atoms with van der Waals surface area (Å²) < 4.78 is 1.58. The third-order valence-electron chi connectivity index (χ3n) is 7.90. The Balaban J connectivity index is 1.10. The molecule has 0 saturated heterocycles. The zero-order chi connectivity index (χ0) is 29.1. The van der Waals surface area contributed by atoms with Crippen LogP contribution in [-0.4, -0.2) is 54.4 Å². The van der Waals surface area contributed by atoms with E-state index < -0.39 is 6.04 Å². The van der Waals surface area contributed by atoms with Gasteiger partial charge in [0.2, 0.25) is 0 Å². The highest BCUT2D eigenvalue weighted by molar-refractivity contribution is 6.29. The molecule has 11 nitrogen and oxygen atoms in total. The summed E-state index contributed by atoms with van der Waals surface area (Å²) in [4.78, 5) is 38.6. The van der Waals surface area contributed by atoms with Gasteiger partial charge in [0, 0.05) is 48.8 Å². The van der Waals surface area contributed by atoms with E-state index in [1.807, 2.05) is 18.2 Å². The minimum Gasteiger partial charge on any atom is -0.379 e. The lowest BCUT2D eigenvalue weighted by molar-refractivity contribution is -0.121. The maximum absolute atomic E-state index is 13.2. The average molecular weight is 588 g/mol. The molecule has 2 saturated carbocycles. The number of rotatable bonds is 11. The predicted molar refractivity (Wildman–Crippen MR) is 162 cm³/mol. The molecule has 2 aliphatic rings. The van der Waals surface area contributed by atoms with Gasteiger partial charge in [-0.15, -0.1) is 5.10 Å². The second-order valence-corrected chi connectivity index (χ2v) is 11.7. The fourth-order valence-corrected chi connectivity index (χ4v) is 5.64. The van der Waals surface area contributed by atoms with Gasteiger partial charge in [-0.1, -0.05) is 17.7 Å². The van der Waals surface area contributed by atoms with Crippen molar-refractivity contribution in [1.82, 2.24) is 24.6 Å². The number of carbonyl (C=O) groups excluding carboxylic acids is 2. The van der Waals surface area contributed by atoms with Crippen molar-refractivity contribution in [2.24, 2.45) is 11.7 Å². The highest BCUT2D eigenvalue weighted by atomic mass is 35.5. The average Bonchev–Trinajstić information content (AvgIpc) is 3.69. The molecular weight excluding hydrogens is 554 g/mol. The molecule has 4 heterocycles. The molecule has 5 N–H and O–H groups in total. The van der Waals surface area contributed by atoms with Crippen LogP contribution in [0.2, 0.25) is 5.15 Å². The van der Waals surface area contributed by atoms with Crippen molar-refractivity contribution < 1.29 is 9.59 Å². The number of nitrogens with one attached hydrogen (secondary N) is 3. The van der Waals surface area contributed by atoms with Crippen LogP contribution in [0.3, 0.4) is 0 Å². The monoisotopic (exact) mass is 587 g/mol. The van der Waals surface area contributed by atoms with Crippen LogP contribution in [0, 0.1) is 5.92 Å². The third-order valence-corrected chi connectivity index (χ3v) is 8.11. The lowest BCUT2D eigenvalue weighted by Crippen LogP contribution is -2.35. The largest absolute Gasteiger partial charge is 0.379 e. The third kappa shape index (κ3) is 6.85. The Morgan fingerprint density at radius 1 is 1.00 bits per heavy atom. The molecule has 0 aromatic carbocycles. The van der Waals surface area contributed by atoms with Gasteiger partial charge in [0.25, 0.3) is 5.91 Å². The van der Waals surface area contributed by atoms with Gasteiger partial charge in [0.1, 0.15) is 16.8 Å². The number of amides is 1. The topological polar surface area (TPSA) is 152 Å². The second-order valence-electron chi connectivity index (χ2n) is 11.3. The van der Waals surface area contributed by atoms with E-state index in [1.54, 1.807) is 29.0 Å². The number of aromatic nitrogens is 5. The van der Waals surface area contributed by atoms with E-state index in [2.05, 4.69) is 30.9 Å². The summed E-state index contributed by atoms with van der Waals surface area (Å²) in [5, 5.41) is 15.0. The number of anilines is 3. The van der Waals surface area contributed by atoms with Gasteiger partial charge in [-0.2, -0.15) is 0 Å². The maximum Gasteiger partial charge on any atom is 0.276 e. The Morgan fingerprint density at radius 3 is 2.52 bits per heavy atom. The summed E-state index contributed by atoms with van der Waals surface area (Å²) >= 11 is 5.98. The van der Waals surface area contributed by atoms with E-state index in [0.29, 0.717) is 47.6 Å². The van der Waals surface area contributed by atoms with Crippen molar-refractivity contribution in [1.29, 1.82) is 0 Å². The first kappa shape index (κ1) is 28.0. The number of pyridine rings is 2. The van der Waals surface area contributed by atoms with E-state index in [9.17, 15) is 9.59 Å². The van der Waals surface area contributed by atoms with E-state index >= 15 is 0 Å². The number of hydrogen-bond acceptors (Lipinski definition) is 9. The Hall–Kier alpha value is -4.09. The van der Waals surface area contributed by atoms with Crippen LogP contribution < -0.4 is 21.7 Å². The first-order chi connectivity index (χ1) is 20.4. The fourth-order valence-electron chi connectivity index (χ4n) is 5.47. The summed E-state index contributed by atoms with van der Waals surface area (Å²) in [5.74, 6) is 0.753. The molecule has 218 valence electrons. The molecule has 4 aromatic rings. The molecule has 4 aromatic heterocycles. The number of nitrogens with zero attached hydrogens (tertiary/aromatic N) is 5. The minimum absolute atomic E-state index is 0.109. The Kier molecular flexibility index (Phi) is 8.29. The van der Waals surface area contributed by atoms with Gasteiger partial charge in [-0.3, -0.25) is 14.6 Å². The van der Waals surface area contributed by atoms with Crippen LogP contribution in [0.25, 0.3) is 5.65 Å². The number of Topliss-reactive ketones (excluding diaryl/α,β-unsaturated/α-hetero) is 1. The molecule has 6 rings (SSSR count). The Morgan fingerprint density at radius 2 is 1.79 bits per heavy atom. The molecule has 12 heteroatoms. The van der Waals surface area contributed by atoms with Crippen LogP contribution in [0.4, 0.5) is 17.2 Å². The first-order valence-corrected chi connectivity index (χ1v) is 14.8. The van der Waals surface area contributed by atoms with Gasteiger partial charge >= 0.3 is 0 Å². The molecule has 0 unspecified atom stereocenters. The van der Waals surface area contributed by atoms with Crippen molar-refractivity contribution >= 4 is 46.1 Å². The van der Waals surface area contributed by atoms with Gasteiger partial charge < -0.3 is 21.7 Å². The number of carbonyl (C=O) groups is 2. The molecule has 0 spiro atoms. The van der Waals surface area contributed by atoms with Crippen molar-refractivity contribution in [3.8, 4) is 0 Å².